The highest BCUT2D eigenvalue weighted by molar-refractivity contribution is 5.81. The summed E-state index contributed by atoms with van der Waals surface area (Å²) >= 11 is 0. The van der Waals surface area contributed by atoms with Crippen LogP contribution in [0.2, 0.25) is 0 Å². The molecule has 0 unspecified atom stereocenters. The lowest BCUT2D eigenvalue weighted by atomic mass is 10.0. The lowest BCUT2D eigenvalue weighted by molar-refractivity contribution is -0.137. The van der Waals surface area contributed by atoms with Gasteiger partial charge in [-0.2, -0.15) is 0 Å². The van der Waals surface area contributed by atoms with Gasteiger partial charge in [0.1, 0.15) is 11.5 Å². The van der Waals surface area contributed by atoms with Crippen LogP contribution in [0.3, 0.4) is 0 Å². The van der Waals surface area contributed by atoms with E-state index >= 15 is 0 Å². The van der Waals surface area contributed by atoms with Crippen LogP contribution in [0.1, 0.15) is 17.5 Å². The van der Waals surface area contributed by atoms with Crippen molar-refractivity contribution in [3.05, 3.63) is 59.7 Å². The molecule has 144 valence electrons. The van der Waals surface area contributed by atoms with E-state index in [1.54, 1.807) is 26.0 Å². The molecule has 0 bridgehead atoms. The first-order valence-electron chi connectivity index (χ1n) is 8.85. The maximum Gasteiger partial charge on any atom is 0.303 e. The van der Waals surface area contributed by atoms with Crippen LogP contribution in [0.25, 0.3) is 0 Å². The third-order valence-corrected chi connectivity index (χ3v) is 4.24. The molecular formula is C21H26N2O4. The van der Waals surface area contributed by atoms with Crippen molar-refractivity contribution in [1.29, 1.82) is 0 Å². The molecule has 0 saturated heterocycles. The summed E-state index contributed by atoms with van der Waals surface area (Å²) in [7, 11) is 5.27. The second kappa shape index (κ2) is 9.73. The summed E-state index contributed by atoms with van der Waals surface area (Å²) in [6, 6.07) is 14.8. The van der Waals surface area contributed by atoms with Crippen molar-refractivity contribution in [2.24, 2.45) is 0 Å². The number of benzene rings is 2. The van der Waals surface area contributed by atoms with Gasteiger partial charge >= 0.3 is 5.97 Å². The number of ether oxygens (including phenoxy) is 1. The molecule has 0 saturated carbocycles. The monoisotopic (exact) mass is 370 g/mol. The number of rotatable bonds is 9. The van der Waals surface area contributed by atoms with Crippen molar-refractivity contribution in [2.75, 3.05) is 21.1 Å². The number of amides is 1. The second-order valence-electron chi connectivity index (χ2n) is 6.56. The molecule has 27 heavy (non-hydrogen) atoms. The Morgan fingerprint density at radius 2 is 1.52 bits per heavy atom. The summed E-state index contributed by atoms with van der Waals surface area (Å²) in [5.74, 6) is 0.638. The molecule has 0 aliphatic rings. The maximum absolute atomic E-state index is 12.1. The number of carboxylic acids is 1. The molecule has 0 spiro atoms. The number of carbonyl (C=O) groups excluding carboxylic acids is 1. The molecule has 6 nitrogen and oxygen atoms in total. The van der Waals surface area contributed by atoms with E-state index in [-0.39, 0.29) is 18.4 Å². The Kier molecular flexibility index (Phi) is 7.37. The Morgan fingerprint density at radius 3 is 1.96 bits per heavy atom. The first kappa shape index (κ1) is 20.5. The molecule has 0 heterocycles. The molecule has 2 aromatic rings. The van der Waals surface area contributed by atoms with Gasteiger partial charge in [0.05, 0.1) is 6.04 Å². The largest absolute Gasteiger partial charge is 0.481 e. The minimum atomic E-state index is -0.803. The van der Waals surface area contributed by atoms with Crippen LogP contribution in [-0.4, -0.2) is 49.1 Å². The van der Waals surface area contributed by atoms with Crippen LogP contribution in [0.4, 0.5) is 0 Å². The molecule has 0 aromatic heterocycles. The molecule has 1 atom stereocenters. The molecule has 0 aliphatic carbocycles. The Bertz CT molecular complexity index is 755. The van der Waals surface area contributed by atoms with Crippen molar-refractivity contribution in [3.63, 3.8) is 0 Å². The standard InChI is InChI=1S/C21H26N2O4/c1-22-19(21(26)23(2)3)14-16-6-11-18(12-7-16)27-17-9-4-15(5-10-17)8-13-20(24)25/h4-7,9-12,19,22H,8,13-14H2,1-3H3,(H,24,25)/t19-/m0/s1. The van der Waals surface area contributed by atoms with E-state index in [2.05, 4.69) is 5.32 Å². The van der Waals surface area contributed by atoms with Crippen LogP contribution in [-0.2, 0) is 22.4 Å². The molecular weight excluding hydrogens is 344 g/mol. The lowest BCUT2D eigenvalue weighted by Crippen LogP contribution is -2.43. The average molecular weight is 370 g/mol. The normalized spacial score (nSPS) is 11.7. The zero-order valence-electron chi connectivity index (χ0n) is 15.9. The topological polar surface area (TPSA) is 78.9 Å². The summed E-state index contributed by atoms with van der Waals surface area (Å²) < 4.78 is 5.82. The first-order valence-corrected chi connectivity index (χ1v) is 8.85. The molecule has 0 radical (unpaired) electrons. The molecule has 2 aromatic carbocycles. The van der Waals surface area contributed by atoms with Gasteiger partial charge in [-0.15, -0.1) is 0 Å². The number of carbonyl (C=O) groups is 2. The van der Waals surface area contributed by atoms with Crippen LogP contribution in [0, 0.1) is 0 Å². The zero-order valence-corrected chi connectivity index (χ0v) is 15.9. The van der Waals surface area contributed by atoms with Crippen molar-refractivity contribution in [1.82, 2.24) is 10.2 Å². The Labute approximate surface area is 159 Å². The number of aliphatic carboxylic acids is 1. The van der Waals surface area contributed by atoms with E-state index in [4.69, 9.17) is 9.84 Å². The number of hydrogen-bond donors (Lipinski definition) is 2. The quantitative estimate of drug-likeness (QED) is 0.710. The van der Waals surface area contributed by atoms with Gasteiger partial charge in [-0.05, 0) is 55.3 Å². The predicted octanol–water partition coefficient (Wildman–Crippen LogP) is 2.71. The van der Waals surface area contributed by atoms with Gasteiger partial charge in [0.25, 0.3) is 0 Å². The first-order chi connectivity index (χ1) is 12.9. The molecule has 0 fully saturated rings. The Balaban J connectivity index is 1.95. The van der Waals surface area contributed by atoms with Crippen LogP contribution < -0.4 is 10.1 Å². The molecule has 0 aliphatic heterocycles. The molecule has 6 heteroatoms. The van der Waals surface area contributed by atoms with E-state index in [1.165, 1.54) is 0 Å². The summed E-state index contributed by atoms with van der Waals surface area (Å²) in [5.41, 5.74) is 2.00. The molecule has 2 N–H and O–H groups in total. The van der Waals surface area contributed by atoms with Crippen LogP contribution >= 0.6 is 0 Å². The fraction of sp³-hybridized carbons (Fsp3) is 0.333. The number of likely N-dealkylation sites (N-methyl/N-ethyl adjacent to an activating group) is 2. The van der Waals surface area contributed by atoms with Gasteiger partial charge < -0.3 is 20.1 Å². The van der Waals surface area contributed by atoms with E-state index in [1.807, 2.05) is 48.5 Å². The van der Waals surface area contributed by atoms with E-state index in [0.717, 1.165) is 11.1 Å². The van der Waals surface area contributed by atoms with E-state index in [0.29, 0.717) is 24.3 Å². The van der Waals surface area contributed by atoms with Gasteiger partial charge in [0.2, 0.25) is 5.91 Å². The highest BCUT2D eigenvalue weighted by Gasteiger charge is 2.18. The lowest BCUT2D eigenvalue weighted by Gasteiger charge is -2.20. The highest BCUT2D eigenvalue weighted by Crippen LogP contribution is 2.23. The second-order valence-corrected chi connectivity index (χ2v) is 6.56. The predicted molar refractivity (Wildman–Crippen MR) is 104 cm³/mol. The molecule has 1 amide bonds. The average Bonchev–Trinajstić information content (AvgIpc) is 2.66. The fourth-order valence-corrected chi connectivity index (χ4v) is 2.67. The number of hydrogen-bond acceptors (Lipinski definition) is 4. The van der Waals surface area contributed by atoms with Gasteiger partial charge in [0.15, 0.2) is 0 Å². The fourth-order valence-electron chi connectivity index (χ4n) is 2.67. The van der Waals surface area contributed by atoms with Crippen molar-refractivity contribution in [3.8, 4) is 11.5 Å². The van der Waals surface area contributed by atoms with E-state index < -0.39 is 5.97 Å². The maximum atomic E-state index is 12.1. The zero-order chi connectivity index (χ0) is 19.8. The number of carboxylic acid groups (broad SMARTS) is 1. The Morgan fingerprint density at radius 1 is 1.00 bits per heavy atom. The summed E-state index contributed by atoms with van der Waals surface area (Å²) in [5, 5.41) is 11.8. The third kappa shape index (κ3) is 6.42. The van der Waals surface area contributed by atoms with Crippen LogP contribution in [0.15, 0.2) is 48.5 Å². The van der Waals surface area contributed by atoms with Gasteiger partial charge in [-0.25, -0.2) is 0 Å². The Hall–Kier alpha value is -2.86. The highest BCUT2D eigenvalue weighted by atomic mass is 16.5. The van der Waals surface area contributed by atoms with E-state index in [9.17, 15) is 9.59 Å². The number of nitrogens with one attached hydrogen (secondary N) is 1. The summed E-state index contributed by atoms with van der Waals surface area (Å²) in [6.07, 6.45) is 1.22. The van der Waals surface area contributed by atoms with Crippen molar-refractivity contribution >= 4 is 11.9 Å². The van der Waals surface area contributed by atoms with Crippen molar-refractivity contribution < 1.29 is 19.4 Å². The molecule has 2 rings (SSSR count). The minimum Gasteiger partial charge on any atom is -0.481 e. The van der Waals surface area contributed by atoms with Gasteiger partial charge in [-0.3, -0.25) is 9.59 Å². The van der Waals surface area contributed by atoms with Gasteiger partial charge in [-0.1, -0.05) is 24.3 Å². The number of nitrogens with zero attached hydrogens (tertiary/aromatic N) is 1. The van der Waals surface area contributed by atoms with Gasteiger partial charge in [0, 0.05) is 20.5 Å². The van der Waals surface area contributed by atoms with Crippen molar-refractivity contribution in [2.45, 2.75) is 25.3 Å². The minimum absolute atomic E-state index is 0.0424. The SMILES string of the molecule is CN[C@@H](Cc1ccc(Oc2ccc(CCC(=O)O)cc2)cc1)C(=O)N(C)C. The third-order valence-electron chi connectivity index (χ3n) is 4.24. The van der Waals surface area contributed by atoms with Crippen LogP contribution in [0.5, 0.6) is 11.5 Å². The summed E-state index contributed by atoms with van der Waals surface area (Å²) in [4.78, 5) is 24.3. The number of aryl methyl sites for hydroxylation is 1. The summed E-state index contributed by atoms with van der Waals surface area (Å²) in [6.45, 7) is 0. The smallest absolute Gasteiger partial charge is 0.303 e.